The quantitative estimate of drug-likeness (QED) is 0.800. The second kappa shape index (κ2) is 7.25. The largest absolute Gasteiger partial charge is 0.365 e. The van der Waals surface area contributed by atoms with Crippen LogP contribution >= 0.6 is 0 Å². The first-order valence-corrected chi connectivity index (χ1v) is 7.87. The Balaban J connectivity index is 1.81. The van der Waals surface area contributed by atoms with Gasteiger partial charge in [0.25, 0.3) is 0 Å². The topological polar surface area (TPSA) is 50.4 Å². The van der Waals surface area contributed by atoms with Gasteiger partial charge in [-0.05, 0) is 38.1 Å². The number of carbonyl (C=O) groups is 1. The van der Waals surface area contributed by atoms with E-state index in [2.05, 4.69) is 17.6 Å². The van der Waals surface area contributed by atoms with Crippen molar-refractivity contribution in [3.05, 3.63) is 0 Å². The molecule has 1 heterocycles. The molecule has 2 rings (SSSR count). The lowest BCUT2D eigenvalue weighted by Crippen LogP contribution is -2.53. The minimum absolute atomic E-state index is 0.0787. The van der Waals surface area contributed by atoms with Crippen molar-refractivity contribution < 1.29 is 9.53 Å². The van der Waals surface area contributed by atoms with Crippen LogP contribution in [0.2, 0.25) is 0 Å². The van der Waals surface area contributed by atoms with Gasteiger partial charge in [0.15, 0.2) is 0 Å². The number of hydrogen-bond acceptors (Lipinski definition) is 3. The van der Waals surface area contributed by atoms with Gasteiger partial charge in [0.2, 0.25) is 5.91 Å². The van der Waals surface area contributed by atoms with E-state index in [-0.39, 0.29) is 18.1 Å². The predicted octanol–water partition coefficient (Wildman–Crippen LogP) is 1.84. The summed E-state index contributed by atoms with van der Waals surface area (Å²) in [5, 5.41) is 6.51. The number of hydrogen-bond donors (Lipinski definition) is 2. The maximum atomic E-state index is 12.3. The van der Waals surface area contributed by atoms with E-state index in [9.17, 15) is 4.79 Å². The molecule has 4 nitrogen and oxygen atoms in total. The Bertz CT molecular complexity index is 290. The summed E-state index contributed by atoms with van der Waals surface area (Å²) in [5.74, 6) is 0.629. The van der Waals surface area contributed by atoms with Crippen LogP contribution in [0.3, 0.4) is 0 Å². The highest BCUT2D eigenvalue weighted by molar-refractivity contribution is 5.81. The first kappa shape index (κ1) is 14.8. The predicted molar refractivity (Wildman–Crippen MR) is 76.0 cm³/mol. The van der Waals surface area contributed by atoms with Crippen LogP contribution in [0.5, 0.6) is 0 Å². The Hall–Kier alpha value is -0.610. The molecular formula is C15H28N2O2. The third kappa shape index (κ3) is 4.18. The fourth-order valence-electron chi connectivity index (χ4n) is 3.06. The third-order valence-corrected chi connectivity index (χ3v) is 4.48. The molecule has 0 radical (unpaired) electrons. The number of amides is 1. The molecule has 19 heavy (non-hydrogen) atoms. The first-order valence-electron chi connectivity index (χ1n) is 7.87. The molecule has 1 amide bonds. The highest BCUT2D eigenvalue weighted by atomic mass is 16.5. The van der Waals surface area contributed by atoms with Gasteiger partial charge in [-0.3, -0.25) is 4.79 Å². The molecule has 0 aromatic carbocycles. The highest BCUT2D eigenvalue weighted by Gasteiger charge is 2.28. The third-order valence-electron chi connectivity index (χ3n) is 4.48. The molecule has 3 atom stereocenters. The average Bonchev–Trinajstić information content (AvgIpc) is 2.91. The smallest absolute Gasteiger partial charge is 0.249 e. The summed E-state index contributed by atoms with van der Waals surface area (Å²) < 4.78 is 5.97. The van der Waals surface area contributed by atoms with Crippen LogP contribution in [-0.2, 0) is 9.53 Å². The second-order valence-corrected chi connectivity index (χ2v) is 6.02. The van der Waals surface area contributed by atoms with E-state index in [1.165, 1.54) is 12.8 Å². The zero-order valence-electron chi connectivity index (χ0n) is 12.3. The molecule has 0 aromatic heterocycles. The molecule has 2 N–H and O–H groups in total. The maximum absolute atomic E-state index is 12.3. The van der Waals surface area contributed by atoms with Crippen molar-refractivity contribution in [2.24, 2.45) is 5.92 Å². The van der Waals surface area contributed by atoms with Crippen molar-refractivity contribution in [2.45, 2.75) is 70.6 Å². The summed E-state index contributed by atoms with van der Waals surface area (Å²) in [6.45, 7) is 6.18. The maximum Gasteiger partial charge on any atom is 0.249 e. The summed E-state index contributed by atoms with van der Waals surface area (Å²) in [6, 6.07) is 0.252. The van der Waals surface area contributed by atoms with Crippen LogP contribution in [0.1, 0.15) is 52.4 Å². The minimum atomic E-state index is -0.266. The lowest BCUT2D eigenvalue weighted by Gasteiger charge is -2.31. The number of piperidine rings is 1. The molecule has 2 aliphatic rings. The molecule has 1 saturated carbocycles. The van der Waals surface area contributed by atoms with Crippen molar-refractivity contribution in [2.75, 3.05) is 13.1 Å². The van der Waals surface area contributed by atoms with Gasteiger partial charge in [0, 0.05) is 12.6 Å². The van der Waals surface area contributed by atoms with Gasteiger partial charge in [-0.25, -0.2) is 0 Å². The van der Waals surface area contributed by atoms with Gasteiger partial charge in [-0.1, -0.05) is 26.7 Å². The molecule has 110 valence electrons. The summed E-state index contributed by atoms with van der Waals surface area (Å²) in [5.41, 5.74) is 0. The van der Waals surface area contributed by atoms with Gasteiger partial charge < -0.3 is 15.4 Å². The Kier molecular flexibility index (Phi) is 5.64. The van der Waals surface area contributed by atoms with Crippen molar-refractivity contribution in [3.63, 3.8) is 0 Å². The van der Waals surface area contributed by atoms with E-state index in [0.717, 1.165) is 38.8 Å². The van der Waals surface area contributed by atoms with Crippen LogP contribution in [-0.4, -0.2) is 37.2 Å². The molecule has 0 bridgehead atoms. The average molecular weight is 268 g/mol. The fraction of sp³-hybridized carbons (Fsp3) is 0.933. The minimum Gasteiger partial charge on any atom is -0.365 e. The number of ether oxygens (including phenoxy) is 1. The van der Waals surface area contributed by atoms with Gasteiger partial charge in [0.05, 0.1) is 6.10 Å². The molecule has 0 aromatic rings. The van der Waals surface area contributed by atoms with Crippen LogP contribution in [0, 0.1) is 5.92 Å². The molecule has 1 aliphatic heterocycles. The van der Waals surface area contributed by atoms with Crippen molar-refractivity contribution in [3.8, 4) is 0 Å². The van der Waals surface area contributed by atoms with E-state index in [1.54, 1.807) is 0 Å². The number of nitrogens with one attached hydrogen (secondary N) is 2. The molecular weight excluding hydrogens is 240 g/mol. The van der Waals surface area contributed by atoms with Crippen LogP contribution < -0.4 is 10.6 Å². The van der Waals surface area contributed by atoms with E-state index in [0.29, 0.717) is 12.0 Å². The summed E-state index contributed by atoms with van der Waals surface area (Å²) >= 11 is 0. The van der Waals surface area contributed by atoms with E-state index < -0.39 is 0 Å². The lowest BCUT2D eigenvalue weighted by atomic mass is 9.94. The van der Waals surface area contributed by atoms with Gasteiger partial charge >= 0.3 is 0 Å². The standard InChI is InChI=1S/C15H28N2O2/c1-3-14(19-12-6-4-5-7-12)15(18)17-13-10-16-9-8-11(13)2/h11-14,16H,3-10H2,1-2H3,(H,17,18). The first-order chi connectivity index (χ1) is 9.20. The van der Waals surface area contributed by atoms with Gasteiger partial charge in [0.1, 0.15) is 6.10 Å². The fourth-order valence-corrected chi connectivity index (χ4v) is 3.06. The Morgan fingerprint density at radius 2 is 2.11 bits per heavy atom. The Morgan fingerprint density at radius 3 is 2.74 bits per heavy atom. The van der Waals surface area contributed by atoms with Crippen LogP contribution in [0.25, 0.3) is 0 Å². The van der Waals surface area contributed by atoms with E-state index in [4.69, 9.17) is 4.74 Å². The summed E-state index contributed by atoms with van der Waals surface area (Å²) in [6.07, 6.45) is 6.65. The van der Waals surface area contributed by atoms with E-state index >= 15 is 0 Å². The molecule has 1 saturated heterocycles. The molecule has 4 heteroatoms. The summed E-state index contributed by atoms with van der Waals surface area (Å²) in [4.78, 5) is 12.3. The monoisotopic (exact) mass is 268 g/mol. The van der Waals surface area contributed by atoms with Crippen molar-refractivity contribution >= 4 is 5.91 Å². The zero-order chi connectivity index (χ0) is 13.7. The molecule has 2 fully saturated rings. The number of rotatable bonds is 5. The molecule has 3 unspecified atom stereocenters. The lowest BCUT2D eigenvalue weighted by molar-refractivity contribution is -0.138. The molecule has 0 spiro atoms. The van der Waals surface area contributed by atoms with Crippen molar-refractivity contribution in [1.82, 2.24) is 10.6 Å². The van der Waals surface area contributed by atoms with Crippen LogP contribution in [0.15, 0.2) is 0 Å². The SMILES string of the molecule is CCC(OC1CCCC1)C(=O)NC1CNCCC1C. The Morgan fingerprint density at radius 1 is 1.37 bits per heavy atom. The highest BCUT2D eigenvalue weighted by Crippen LogP contribution is 2.23. The van der Waals surface area contributed by atoms with Gasteiger partial charge in [-0.15, -0.1) is 0 Å². The van der Waals surface area contributed by atoms with Gasteiger partial charge in [-0.2, -0.15) is 0 Å². The van der Waals surface area contributed by atoms with E-state index in [1.807, 2.05) is 6.92 Å². The molecule has 1 aliphatic carbocycles. The second-order valence-electron chi connectivity index (χ2n) is 6.02. The number of carbonyl (C=O) groups excluding carboxylic acids is 1. The normalized spacial score (nSPS) is 30.2. The van der Waals surface area contributed by atoms with Crippen LogP contribution in [0.4, 0.5) is 0 Å². The summed E-state index contributed by atoms with van der Waals surface area (Å²) in [7, 11) is 0. The van der Waals surface area contributed by atoms with Crippen molar-refractivity contribution in [1.29, 1.82) is 0 Å². The Labute approximate surface area is 116 Å². The zero-order valence-corrected chi connectivity index (χ0v) is 12.3.